The Morgan fingerprint density at radius 2 is 0.641 bits per heavy atom. The number of halogens is 6. The molecule has 0 bridgehead atoms. The number of alkyl halides is 6. The SMILES string of the molecule is CCCCCCCCCCN(C(CCCCCCCCC)C(F)(F)F)C(CCCCCCCCC)C(F)(F)F. The molecular weight excluding hydrogens is 512 g/mol. The maximum Gasteiger partial charge on any atom is 0.404 e. The Kier molecular flexibility index (Phi) is 23.9. The summed E-state index contributed by atoms with van der Waals surface area (Å²) in [6.45, 7) is 6.23. The first-order valence-electron chi connectivity index (χ1n) is 16.5. The smallest absolute Gasteiger partial charge is 0.281 e. The highest BCUT2D eigenvalue weighted by atomic mass is 19.4. The van der Waals surface area contributed by atoms with Crippen LogP contribution in [0.2, 0.25) is 0 Å². The van der Waals surface area contributed by atoms with Crippen LogP contribution in [0.3, 0.4) is 0 Å². The van der Waals surface area contributed by atoms with Gasteiger partial charge >= 0.3 is 12.4 Å². The lowest BCUT2D eigenvalue weighted by molar-refractivity contribution is -0.236. The van der Waals surface area contributed by atoms with Crippen molar-refractivity contribution >= 4 is 0 Å². The van der Waals surface area contributed by atoms with E-state index in [1.807, 2.05) is 0 Å². The Morgan fingerprint density at radius 3 is 0.923 bits per heavy atom. The van der Waals surface area contributed by atoms with E-state index >= 15 is 0 Å². The summed E-state index contributed by atoms with van der Waals surface area (Å²) in [5, 5.41) is 0. The van der Waals surface area contributed by atoms with Gasteiger partial charge in [-0.1, -0.05) is 156 Å². The number of hydrogen-bond acceptors (Lipinski definition) is 1. The van der Waals surface area contributed by atoms with Gasteiger partial charge in [-0.3, -0.25) is 4.90 Å². The first-order chi connectivity index (χ1) is 18.6. The van der Waals surface area contributed by atoms with E-state index < -0.39 is 24.4 Å². The van der Waals surface area contributed by atoms with E-state index in [0.29, 0.717) is 38.5 Å². The Morgan fingerprint density at radius 1 is 0.385 bits per heavy atom. The van der Waals surface area contributed by atoms with Gasteiger partial charge in [0.15, 0.2) is 0 Å². The minimum Gasteiger partial charge on any atom is -0.281 e. The molecule has 1 nitrogen and oxygen atoms in total. The summed E-state index contributed by atoms with van der Waals surface area (Å²) in [4.78, 5) is 0.825. The summed E-state index contributed by atoms with van der Waals surface area (Å²) in [5.74, 6) is 0. The number of rotatable bonds is 27. The van der Waals surface area contributed by atoms with Gasteiger partial charge in [-0.25, -0.2) is 0 Å². The summed E-state index contributed by atoms with van der Waals surface area (Å²) in [6.07, 6.45) is 9.88. The van der Waals surface area contributed by atoms with Gasteiger partial charge in [0.1, 0.15) is 12.1 Å². The van der Waals surface area contributed by atoms with E-state index in [0.717, 1.165) is 101 Å². The van der Waals surface area contributed by atoms with Crippen molar-refractivity contribution in [2.75, 3.05) is 6.54 Å². The molecule has 0 rings (SSSR count). The monoisotopic (exact) mass is 573 g/mol. The number of unbranched alkanes of at least 4 members (excludes halogenated alkanes) is 19. The molecule has 0 N–H and O–H groups in total. The lowest BCUT2D eigenvalue weighted by Crippen LogP contribution is -2.56. The zero-order valence-corrected chi connectivity index (χ0v) is 25.5. The molecular formula is C32H61F6N. The fraction of sp³-hybridized carbons (Fsp3) is 1.00. The third kappa shape index (κ3) is 21.0. The van der Waals surface area contributed by atoms with E-state index in [1.165, 1.54) is 6.42 Å². The second-order valence-electron chi connectivity index (χ2n) is 11.6. The van der Waals surface area contributed by atoms with Gasteiger partial charge < -0.3 is 0 Å². The molecule has 2 unspecified atom stereocenters. The molecule has 0 fully saturated rings. The minimum absolute atomic E-state index is 0.129. The van der Waals surface area contributed by atoms with Crippen LogP contribution in [0, 0.1) is 0 Å². The molecule has 236 valence electrons. The fourth-order valence-electron chi connectivity index (χ4n) is 5.58. The van der Waals surface area contributed by atoms with Gasteiger partial charge in [0.05, 0.1) is 0 Å². The quantitative estimate of drug-likeness (QED) is 0.0698. The first kappa shape index (κ1) is 38.5. The summed E-state index contributed by atoms with van der Waals surface area (Å²) < 4.78 is 85.8. The van der Waals surface area contributed by atoms with Crippen molar-refractivity contribution in [3.8, 4) is 0 Å². The third-order valence-corrected chi connectivity index (χ3v) is 7.99. The van der Waals surface area contributed by atoms with Crippen LogP contribution in [0.1, 0.15) is 175 Å². The molecule has 0 aromatic heterocycles. The van der Waals surface area contributed by atoms with Crippen molar-refractivity contribution < 1.29 is 26.3 Å². The normalized spacial score (nSPS) is 14.3. The van der Waals surface area contributed by atoms with Crippen LogP contribution < -0.4 is 0 Å². The van der Waals surface area contributed by atoms with Crippen molar-refractivity contribution in [3.05, 3.63) is 0 Å². The average Bonchev–Trinajstić information content (AvgIpc) is 2.86. The summed E-state index contributed by atoms with van der Waals surface area (Å²) in [5.41, 5.74) is 0. The zero-order valence-electron chi connectivity index (χ0n) is 25.5. The molecule has 39 heavy (non-hydrogen) atoms. The predicted molar refractivity (Wildman–Crippen MR) is 154 cm³/mol. The Balaban J connectivity index is 5.29. The van der Waals surface area contributed by atoms with Crippen molar-refractivity contribution in [1.29, 1.82) is 0 Å². The maximum atomic E-state index is 14.3. The molecule has 0 aliphatic carbocycles. The van der Waals surface area contributed by atoms with Gasteiger partial charge in [0.2, 0.25) is 0 Å². The van der Waals surface area contributed by atoms with Gasteiger partial charge in [0, 0.05) is 0 Å². The molecule has 0 spiro atoms. The van der Waals surface area contributed by atoms with Crippen molar-refractivity contribution in [2.24, 2.45) is 0 Å². The summed E-state index contributed by atoms with van der Waals surface area (Å²) in [6, 6.07) is -4.04. The van der Waals surface area contributed by atoms with E-state index in [-0.39, 0.29) is 19.4 Å². The highest BCUT2D eigenvalue weighted by molar-refractivity contribution is 4.88. The molecule has 0 aliphatic rings. The van der Waals surface area contributed by atoms with E-state index in [2.05, 4.69) is 20.8 Å². The number of hydrogen-bond donors (Lipinski definition) is 0. The Hall–Kier alpha value is -0.460. The lowest BCUT2D eigenvalue weighted by Gasteiger charge is -2.40. The summed E-state index contributed by atoms with van der Waals surface area (Å²) >= 11 is 0. The standard InChI is InChI=1S/C32H61F6N/c1-4-7-10-13-16-19-22-25-28-39(29(31(33,34)35)26-23-20-17-14-11-8-5-2)30(32(36,37)38)27-24-21-18-15-12-9-6-3/h29-30H,4-28H2,1-3H3. The van der Waals surface area contributed by atoms with Crippen LogP contribution in [-0.4, -0.2) is 35.9 Å². The fourth-order valence-corrected chi connectivity index (χ4v) is 5.58. The van der Waals surface area contributed by atoms with Crippen LogP contribution >= 0.6 is 0 Å². The molecule has 0 aromatic carbocycles. The van der Waals surface area contributed by atoms with Crippen LogP contribution in [0.5, 0.6) is 0 Å². The van der Waals surface area contributed by atoms with E-state index in [4.69, 9.17) is 0 Å². The topological polar surface area (TPSA) is 3.24 Å². The molecule has 0 aliphatic heterocycles. The van der Waals surface area contributed by atoms with Gasteiger partial charge in [-0.15, -0.1) is 0 Å². The van der Waals surface area contributed by atoms with E-state index in [1.54, 1.807) is 0 Å². The summed E-state index contributed by atoms with van der Waals surface area (Å²) in [7, 11) is 0. The van der Waals surface area contributed by atoms with Crippen LogP contribution in [0.15, 0.2) is 0 Å². The molecule has 0 amide bonds. The molecule has 0 saturated heterocycles. The first-order valence-corrected chi connectivity index (χ1v) is 16.5. The molecule has 2 atom stereocenters. The van der Waals surface area contributed by atoms with Crippen LogP contribution in [0.25, 0.3) is 0 Å². The third-order valence-electron chi connectivity index (χ3n) is 7.99. The highest BCUT2D eigenvalue weighted by Gasteiger charge is 2.51. The average molecular weight is 574 g/mol. The Bertz CT molecular complexity index is 484. The molecule has 0 heterocycles. The molecule has 0 radical (unpaired) electrons. The molecule has 7 heteroatoms. The lowest BCUT2D eigenvalue weighted by atomic mass is 9.98. The minimum atomic E-state index is -4.66. The second-order valence-corrected chi connectivity index (χ2v) is 11.6. The van der Waals surface area contributed by atoms with Crippen LogP contribution in [-0.2, 0) is 0 Å². The van der Waals surface area contributed by atoms with Crippen LogP contribution in [0.4, 0.5) is 26.3 Å². The molecule has 0 saturated carbocycles. The second kappa shape index (κ2) is 24.2. The number of nitrogens with zero attached hydrogens (tertiary/aromatic N) is 1. The zero-order chi connectivity index (χ0) is 29.4. The van der Waals surface area contributed by atoms with E-state index in [9.17, 15) is 26.3 Å². The predicted octanol–water partition coefficient (Wildman–Crippen LogP) is 12.6. The van der Waals surface area contributed by atoms with Crippen molar-refractivity contribution in [1.82, 2.24) is 4.90 Å². The van der Waals surface area contributed by atoms with Gasteiger partial charge in [-0.05, 0) is 25.8 Å². The highest BCUT2D eigenvalue weighted by Crippen LogP contribution is 2.37. The largest absolute Gasteiger partial charge is 0.404 e. The van der Waals surface area contributed by atoms with Crippen molar-refractivity contribution in [3.63, 3.8) is 0 Å². The Labute approximate surface area is 237 Å². The maximum absolute atomic E-state index is 14.3. The van der Waals surface area contributed by atoms with Crippen molar-refractivity contribution in [2.45, 2.75) is 199 Å². The molecule has 0 aromatic rings. The van der Waals surface area contributed by atoms with Gasteiger partial charge in [-0.2, -0.15) is 26.3 Å². The van der Waals surface area contributed by atoms with Gasteiger partial charge in [0.25, 0.3) is 0 Å².